The van der Waals surface area contributed by atoms with Crippen molar-refractivity contribution in [1.82, 2.24) is 0 Å². The number of rotatable bonds is 1. The van der Waals surface area contributed by atoms with Gasteiger partial charge in [-0.3, -0.25) is 0 Å². The quantitative estimate of drug-likeness (QED) is 0.772. The van der Waals surface area contributed by atoms with Gasteiger partial charge in [-0.25, -0.2) is 0 Å². The average Bonchev–Trinajstić information content (AvgIpc) is 2.88. The molecule has 5 unspecified atom stereocenters. The number of hydrogen-bond acceptors (Lipinski definition) is 3. The Kier molecular flexibility index (Phi) is 3.46. The van der Waals surface area contributed by atoms with Crippen molar-refractivity contribution in [2.45, 2.75) is 55.4 Å². The molecule has 1 aromatic rings. The van der Waals surface area contributed by atoms with Gasteiger partial charge in [0.2, 0.25) is 0 Å². The number of thioether (sulfide) groups is 1. The Morgan fingerprint density at radius 3 is 2.62 bits per heavy atom. The molecule has 0 saturated heterocycles. The van der Waals surface area contributed by atoms with E-state index in [0.29, 0.717) is 17.6 Å². The van der Waals surface area contributed by atoms with Gasteiger partial charge < -0.3 is 10.2 Å². The Morgan fingerprint density at radius 2 is 1.81 bits per heavy atom. The van der Waals surface area contributed by atoms with Crippen LogP contribution in [-0.2, 0) is 6.42 Å². The molecule has 2 saturated carbocycles. The minimum absolute atomic E-state index is 0.0427. The molecule has 3 heteroatoms. The lowest BCUT2D eigenvalue weighted by Gasteiger charge is -2.44. The van der Waals surface area contributed by atoms with Gasteiger partial charge in [0.15, 0.2) is 0 Å². The first-order valence-electron chi connectivity index (χ1n) is 8.27. The molecular weight excluding hydrogens is 280 g/mol. The van der Waals surface area contributed by atoms with E-state index in [0.717, 1.165) is 29.6 Å². The summed E-state index contributed by atoms with van der Waals surface area (Å²) in [6.45, 7) is 0. The number of aromatic hydroxyl groups is 1. The molecule has 0 heterocycles. The van der Waals surface area contributed by atoms with Crippen LogP contribution in [0.4, 0.5) is 0 Å². The Balaban J connectivity index is 1.70. The van der Waals surface area contributed by atoms with Gasteiger partial charge in [0, 0.05) is 4.90 Å². The van der Waals surface area contributed by atoms with E-state index in [2.05, 4.69) is 6.07 Å². The van der Waals surface area contributed by atoms with E-state index in [-0.39, 0.29) is 6.10 Å². The van der Waals surface area contributed by atoms with Gasteiger partial charge in [0.1, 0.15) is 5.75 Å². The summed E-state index contributed by atoms with van der Waals surface area (Å²) in [6, 6.07) is 4.25. The van der Waals surface area contributed by atoms with Crippen molar-refractivity contribution in [1.29, 1.82) is 0 Å². The zero-order chi connectivity index (χ0) is 14.6. The predicted molar refractivity (Wildman–Crippen MR) is 85.9 cm³/mol. The number of benzene rings is 1. The molecule has 3 aliphatic carbocycles. The normalized spacial score (nSPS) is 37.7. The van der Waals surface area contributed by atoms with E-state index in [9.17, 15) is 10.2 Å². The Hall–Kier alpha value is -0.670. The van der Waals surface area contributed by atoms with Crippen molar-refractivity contribution in [2.24, 2.45) is 17.8 Å². The van der Waals surface area contributed by atoms with Crippen LogP contribution in [-0.4, -0.2) is 22.6 Å². The average molecular weight is 304 g/mol. The standard InChI is InChI=1S/C18H24O2S/c1-21-18-9-15-10(8-17(18)20)2-3-11-12-6-7-16(19)14(12)5-4-13(11)15/h8-9,11-14,16,19-20H,2-7H2,1H3. The molecule has 0 spiro atoms. The number of phenols is 1. The van der Waals surface area contributed by atoms with E-state index >= 15 is 0 Å². The molecule has 21 heavy (non-hydrogen) atoms. The zero-order valence-electron chi connectivity index (χ0n) is 12.6. The Morgan fingerprint density at radius 1 is 1.00 bits per heavy atom. The lowest BCUT2D eigenvalue weighted by Crippen LogP contribution is -2.36. The van der Waals surface area contributed by atoms with Crippen LogP contribution < -0.4 is 0 Å². The van der Waals surface area contributed by atoms with Crippen LogP contribution in [0.5, 0.6) is 5.75 Å². The minimum Gasteiger partial charge on any atom is -0.507 e. The number of aryl methyl sites for hydroxylation is 1. The lowest BCUT2D eigenvalue weighted by molar-refractivity contribution is 0.0565. The summed E-state index contributed by atoms with van der Waals surface area (Å²) >= 11 is 1.64. The molecule has 0 radical (unpaired) electrons. The van der Waals surface area contributed by atoms with E-state index in [1.165, 1.54) is 36.8 Å². The summed E-state index contributed by atoms with van der Waals surface area (Å²) < 4.78 is 0. The van der Waals surface area contributed by atoms with Gasteiger partial charge in [-0.15, -0.1) is 11.8 Å². The van der Waals surface area contributed by atoms with Gasteiger partial charge in [0.25, 0.3) is 0 Å². The number of aliphatic hydroxyl groups excluding tert-OH is 1. The van der Waals surface area contributed by atoms with E-state index in [1.54, 1.807) is 11.8 Å². The highest BCUT2D eigenvalue weighted by molar-refractivity contribution is 7.98. The molecule has 0 amide bonds. The van der Waals surface area contributed by atoms with Gasteiger partial charge in [0.05, 0.1) is 6.10 Å². The highest BCUT2D eigenvalue weighted by atomic mass is 32.2. The van der Waals surface area contributed by atoms with E-state index < -0.39 is 0 Å². The van der Waals surface area contributed by atoms with Crippen molar-refractivity contribution in [3.8, 4) is 5.75 Å². The maximum absolute atomic E-state index is 10.2. The lowest BCUT2D eigenvalue weighted by atomic mass is 9.61. The van der Waals surface area contributed by atoms with Crippen molar-refractivity contribution in [3.05, 3.63) is 23.3 Å². The fourth-order valence-electron chi connectivity index (χ4n) is 5.38. The van der Waals surface area contributed by atoms with Crippen molar-refractivity contribution in [2.75, 3.05) is 6.26 Å². The van der Waals surface area contributed by atoms with E-state index in [1.807, 2.05) is 12.3 Å². The van der Waals surface area contributed by atoms with Crippen molar-refractivity contribution < 1.29 is 10.2 Å². The molecule has 2 fully saturated rings. The van der Waals surface area contributed by atoms with Gasteiger partial charge in [-0.1, -0.05) is 0 Å². The second kappa shape index (κ2) is 5.20. The molecular formula is C18H24O2S. The fraction of sp³-hybridized carbons (Fsp3) is 0.667. The highest BCUT2D eigenvalue weighted by Crippen LogP contribution is 2.55. The van der Waals surface area contributed by atoms with Gasteiger partial charge in [-0.2, -0.15) is 0 Å². The summed E-state index contributed by atoms with van der Waals surface area (Å²) in [6.07, 6.45) is 8.95. The summed E-state index contributed by atoms with van der Waals surface area (Å²) in [4.78, 5) is 1.02. The summed E-state index contributed by atoms with van der Waals surface area (Å²) in [5, 5.41) is 20.3. The van der Waals surface area contributed by atoms with Crippen molar-refractivity contribution in [3.63, 3.8) is 0 Å². The molecule has 3 aliphatic rings. The second-order valence-electron chi connectivity index (χ2n) is 7.08. The first-order chi connectivity index (χ1) is 10.2. The molecule has 4 rings (SSSR count). The highest BCUT2D eigenvalue weighted by Gasteiger charge is 2.47. The summed E-state index contributed by atoms with van der Waals surface area (Å²) in [5.74, 6) is 3.16. The second-order valence-corrected chi connectivity index (χ2v) is 7.93. The van der Waals surface area contributed by atoms with Crippen LogP contribution in [0.2, 0.25) is 0 Å². The minimum atomic E-state index is -0.0427. The van der Waals surface area contributed by atoms with Crippen LogP contribution >= 0.6 is 11.8 Å². The Bertz CT molecular complexity index is 556. The fourth-order valence-corrected chi connectivity index (χ4v) is 5.89. The molecule has 0 bridgehead atoms. The molecule has 0 aliphatic heterocycles. The molecule has 0 aromatic heterocycles. The predicted octanol–water partition coefficient (Wildman–Crippen LogP) is 3.94. The SMILES string of the molecule is CSc1cc2c(cc1O)CCC1C2CCC2C(O)CCC21. The topological polar surface area (TPSA) is 40.5 Å². The third kappa shape index (κ3) is 2.12. The molecule has 1 aromatic carbocycles. The maximum Gasteiger partial charge on any atom is 0.129 e. The van der Waals surface area contributed by atoms with Crippen LogP contribution in [0.25, 0.3) is 0 Å². The zero-order valence-corrected chi connectivity index (χ0v) is 13.4. The van der Waals surface area contributed by atoms with Crippen LogP contribution in [0.1, 0.15) is 49.1 Å². The summed E-state index contributed by atoms with van der Waals surface area (Å²) in [5.41, 5.74) is 2.86. The van der Waals surface area contributed by atoms with Crippen LogP contribution in [0, 0.1) is 17.8 Å². The number of fused-ring (bicyclic) bond motifs is 5. The largest absolute Gasteiger partial charge is 0.507 e. The number of aliphatic hydroxyl groups is 1. The number of hydrogen-bond donors (Lipinski definition) is 2. The van der Waals surface area contributed by atoms with Crippen molar-refractivity contribution >= 4 is 11.8 Å². The first kappa shape index (κ1) is 14.0. The smallest absolute Gasteiger partial charge is 0.129 e. The Labute approximate surface area is 131 Å². The molecule has 2 N–H and O–H groups in total. The third-order valence-electron chi connectivity index (χ3n) is 6.30. The third-order valence-corrected chi connectivity index (χ3v) is 7.07. The van der Waals surface area contributed by atoms with E-state index in [4.69, 9.17) is 0 Å². The maximum atomic E-state index is 10.2. The molecule has 114 valence electrons. The first-order valence-corrected chi connectivity index (χ1v) is 9.49. The molecule has 2 nitrogen and oxygen atoms in total. The summed E-state index contributed by atoms with van der Waals surface area (Å²) in [7, 11) is 0. The van der Waals surface area contributed by atoms with Gasteiger partial charge in [-0.05, 0) is 91.7 Å². The van der Waals surface area contributed by atoms with Crippen LogP contribution in [0.15, 0.2) is 17.0 Å². The van der Waals surface area contributed by atoms with Crippen LogP contribution in [0.3, 0.4) is 0 Å². The monoisotopic (exact) mass is 304 g/mol. The number of phenolic OH excluding ortho intramolecular Hbond substituents is 1. The van der Waals surface area contributed by atoms with Gasteiger partial charge >= 0.3 is 0 Å². The molecule has 5 atom stereocenters.